The van der Waals surface area contributed by atoms with E-state index in [4.69, 9.17) is 5.73 Å². The van der Waals surface area contributed by atoms with Gasteiger partial charge in [0.1, 0.15) is 0 Å². The van der Waals surface area contributed by atoms with Crippen LogP contribution in [0.1, 0.15) is 43.9 Å². The van der Waals surface area contributed by atoms with Gasteiger partial charge < -0.3 is 5.73 Å². The lowest BCUT2D eigenvalue weighted by Gasteiger charge is -2.21. The van der Waals surface area contributed by atoms with Gasteiger partial charge in [-0.05, 0) is 42.5 Å². The molecule has 0 aliphatic carbocycles. The van der Waals surface area contributed by atoms with E-state index in [-0.39, 0.29) is 6.04 Å². The third-order valence-electron chi connectivity index (χ3n) is 2.99. The highest BCUT2D eigenvalue weighted by atomic mass is 79.9. The zero-order valence-electron chi connectivity index (χ0n) is 10.1. The summed E-state index contributed by atoms with van der Waals surface area (Å²) in [6, 6.07) is 4.36. The van der Waals surface area contributed by atoms with E-state index in [0.29, 0.717) is 5.92 Å². The molecule has 2 unspecified atom stereocenters. The Kier molecular flexibility index (Phi) is 5.48. The first kappa shape index (κ1) is 14.2. The SMILES string of the molecule is CCCC(C)C(N)c1cc(Br)c(C)cc1Br. The van der Waals surface area contributed by atoms with Gasteiger partial charge in [-0.25, -0.2) is 0 Å². The van der Waals surface area contributed by atoms with Gasteiger partial charge in [-0.3, -0.25) is 0 Å². The van der Waals surface area contributed by atoms with Crippen molar-refractivity contribution in [3.05, 3.63) is 32.2 Å². The minimum absolute atomic E-state index is 0.103. The van der Waals surface area contributed by atoms with Crippen LogP contribution in [0.25, 0.3) is 0 Å². The molecule has 0 bridgehead atoms. The van der Waals surface area contributed by atoms with E-state index in [1.165, 1.54) is 24.0 Å². The molecule has 1 aromatic rings. The summed E-state index contributed by atoms with van der Waals surface area (Å²) in [6.45, 7) is 6.50. The van der Waals surface area contributed by atoms with Gasteiger partial charge in [0.2, 0.25) is 0 Å². The zero-order valence-corrected chi connectivity index (χ0v) is 13.2. The average molecular weight is 349 g/mol. The quantitative estimate of drug-likeness (QED) is 0.817. The predicted molar refractivity (Wildman–Crippen MR) is 77.6 cm³/mol. The van der Waals surface area contributed by atoms with Crippen LogP contribution in [0.3, 0.4) is 0 Å². The lowest BCUT2D eigenvalue weighted by Crippen LogP contribution is -2.19. The predicted octanol–water partition coefficient (Wildman–Crippen LogP) is 4.96. The molecule has 0 saturated heterocycles. The van der Waals surface area contributed by atoms with E-state index in [2.05, 4.69) is 64.8 Å². The Bertz CT molecular complexity index is 363. The normalized spacial score (nSPS) is 14.9. The lowest BCUT2D eigenvalue weighted by molar-refractivity contribution is 0.432. The highest BCUT2D eigenvalue weighted by Crippen LogP contribution is 2.33. The zero-order chi connectivity index (χ0) is 12.3. The molecule has 1 rings (SSSR count). The van der Waals surface area contributed by atoms with Gasteiger partial charge in [0.25, 0.3) is 0 Å². The molecule has 90 valence electrons. The number of aryl methyl sites for hydroxylation is 1. The second kappa shape index (κ2) is 6.18. The molecule has 0 aliphatic rings. The van der Waals surface area contributed by atoms with Crippen molar-refractivity contribution in [1.29, 1.82) is 0 Å². The van der Waals surface area contributed by atoms with Crippen molar-refractivity contribution in [2.75, 3.05) is 0 Å². The number of halogens is 2. The number of hydrogen-bond donors (Lipinski definition) is 1. The maximum Gasteiger partial charge on any atom is 0.0332 e. The molecule has 1 aromatic carbocycles. The van der Waals surface area contributed by atoms with Crippen molar-refractivity contribution in [2.24, 2.45) is 11.7 Å². The van der Waals surface area contributed by atoms with Crippen molar-refractivity contribution < 1.29 is 0 Å². The van der Waals surface area contributed by atoms with Crippen LogP contribution in [0.4, 0.5) is 0 Å². The summed E-state index contributed by atoms with van der Waals surface area (Å²) in [5.74, 6) is 0.510. The number of hydrogen-bond acceptors (Lipinski definition) is 1. The molecule has 16 heavy (non-hydrogen) atoms. The second-order valence-electron chi connectivity index (χ2n) is 4.41. The van der Waals surface area contributed by atoms with Gasteiger partial charge in [-0.2, -0.15) is 0 Å². The highest BCUT2D eigenvalue weighted by molar-refractivity contribution is 9.11. The van der Waals surface area contributed by atoms with E-state index < -0.39 is 0 Å². The van der Waals surface area contributed by atoms with Crippen molar-refractivity contribution >= 4 is 31.9 Å². The Balaban J connectivity index is 2.99. The molecule has 0 fully saturated rings. The summed E-state index contributed by atoms with van der Waals surface area (Å²) in [5, 5.41) is 0. The van der Waals surface area contributed by atoms with Crippen molar-refractivity contribution in [3.63, 3.8) is 0 Å². The molecule has 0 aromatic heterocycles. The van der Waals surface area contributed by atoms with E-state index in [1.807, 2.05) is 0 Å². The summed E-state index contributed by atoms with van der Waals surface area (Å²) >= 11 is 7.16. The molecule has 2 atom stereocenters. The topological polar surface area (TPSA) is 26.0 Å². The first-order valence-corrected chi connectivity index (χ1v) is 7.27. The maximum atomic E-state index is 6.29. The van der Waals surface area contributed by atoms with E-state index >= 15 is 0 Å². The van der Waals surface area contributed by atoms with Crippen LogP contribution in [-0.2, 0) is 0 Å². The van der Waals surface area contributed by atoms with Crippen LogP contribution in [-0.4, -0.2) is 0 Å². The Morgan fingerprint density at radius 1 is 1.25 bits per heavy atom. The minimum atomic E-state index is 0.103. The van der Waals surface area contributed by atoms with Gasteiger partial charge in [-0.1, -0.05) is 52.1 Å². The Hall–Kier alpha value is 0.140. The van der Waals surface area contributed by atoms with Gasteiger partial charge in [0.15, 0.2) is 0 Å². The standard InChI is InChI=1S/C13H19Br2N/c1-4-5-8(2)13(16)10-7-11(14)9(3)6-12(10)15/h6-8,13H,4-5,16H2,1-3H3. The molecule has 2 N–H and O–H groups in total. The van der Waals surface area contributed by atoms with E-state index in [1.54, 1.807) is 0 Å². The number of rotatable bonds is 4. The Morgan fingerprint density at radius 2 is 1.88 bits per heavy atom. The molecule has 3 heteroatoms. The van der Waals surface area contributed by atoms with Crippen LogP contribution in [0, 0.1) is 12.8 Å². The largest absolute Gasteiger partial charge is 0.324 e. The third kappa shape index (κ3) is 3.31. The monoisotopic (exact) mass is 347 g/mol. The summed E-state index contributed by atoms with van der Waals surface area (Å²) in [5.41, 5.74) is 8.71. The van der Waals surface area contributed by atoms with Gasteiger partial charge >= 0.3 is 0 Å². The van der Waals surface area contributed by atoms with Crippen LogP contribution < -0.4 is 5.73 Å². The minimum Gasteiger partial charge on any atom is -0.324 e. The molecule has 0 radical (unpaired) electrons. The average Bonchev–Trinajstić information content (AvgIpc) is 2.23. The van der Waals surface area contributed by atoms with E-state index in [0.717, 1.165) is 8.95 Å². The Labute approximate surface area is 115 Å². The highest BCUT2D eigenvalue weighted by Gasteiger charge is 2.17. The molecular formula is C13H19Br2N. The lowest BCUT2D eigenvalue weighted by atomic mass is 9.91. The first-order valence-electron chi connectivity index (χ1n) is 5.68. The Morgan fingerprint density at radius 3 is 2.44 bits per heavy atom. The van der Waals surface area contributed by atoms with Crippen LogP contribution in [0.5, 0.6) is 0 Å². The number of benzene rings is 1. The van der Waals surface area contributed by atoms with Crippen molar-refractivity contribution in [3.8, 4) is 0 Å². The fourth-order valence-corrected chi connectivity index (χ4v) is 2.94. The van der Waals surface area contributed by atoms with Gasteiger partial charge in [-0.15, -0.1) is 0 Å². The fraction of sp³-hybridized carbons (Fsp3) is 0.538. The summed E-state index contributed by atoms with van der Waals surface area (Å²) < 4.78 is 2.24. The molecule has 0 aliphatic heterocycles. The van der Waals surface area contributed by atoms with Crippen molar-refractivity contribution in [2.45, 2.75) is 39.7 Å². The summed E-state index contributed by atoms with van der Waals surface area (Å²) in [6.07, 6.45) is 2.35. The van der Waals surface area contributed by atoms with Crippen LogP contribution in [0.15, 0.2) is 21.1 Å². The fourth-order valence-electron chi connectivity index (χ4n) is 1.86. The molecular weight excluding hydrogens is 330 g/mol. The molecule has 1 nitrogen and oxygen atoms in total. The van der Waals surface area contributed by atoms with E-state index in [9.17, 15) is 0 Å². The maximum absolute atomic E-state index is 6.29. The van der Waals surface area contributed by atoms with Crippen LogP contribution in [0.2, 0.25) is 0 Å². The second-order valence-corrected chi connectivity index (χ2v) is 6.12. The molecule has 0 amide bonds. The molecule has 0 heterocycles. The van der Waals surface area contributed by atoms with Crippen molar-refractivity contribution in [1.82, 2.24) is 0 Å². The summed E-state index contributed by atoms with van der Waals surface area (Å²) in [4.78, 5) is 0. The van der Waals surface area contributed by atoms with Gasteiger partial charge in [0, 0.05) is 15.0 Å². The summed E-state index contributed by atoms with van der Waals surface area (Å²) in [7, 11) is 0. The molecule has 0 spiro atoms. The van der Waals surface area contributed by atoms with Crippen LogP contribution >= 0.6 is 31.9 Å². The van der Waals surface area contributed by atoms with Gasteiger partial charge in [0.05, 0.1) is 0 Å². The third-order valence-corrected chi connectivity index (χ3v) is 4.54. The number of nitrogens with two attached hydrogens (primary N) is 1. The first-order chi connectivity index (χ1) is 7.47. The molecule has 0 saturated carbocycles. The smallest absolute Gasteiger partial charge is 0.0332 e.